The fourth-order valence-electron chi connectivity index (χ4n) is 2.25. The second kappa shape index (κ2) is 10.1. The molecule has 2 aromatic carbocycles. The van der Waals surface area contributed by atoms with Gasteiger partial charge in [-0.05, 0) is 30.3 Å². The van der Waals surface area contributed by atoms with Gasteiger partial charge in [-0.2, -0.15) is 8.78 Å². The summed E-state index contributed by atoms with van der Waals surface area (Å²) in [5.74, 6) is -1.42. The third-order valence-corrected chi connectivity index (χ3v) is 4.27. The first-order valence-electron chi connectivity index (χ1n) is 7.96. The number of rotatable bonds is 8. The van der Waals surface area contributed by atoms with E-state index in [1.807, 2.05) is 0 Å². The smallest absolute Gasteiger partial charge is 0.387 e. The number of hydrogen-bond acceptors (Lipinski definition) is 4. The van der Waals surface area contributed by atoms with Gasteiger partial charge in [0, 0.05) is 18.7 Å². The van der Waals surface area contributed by atoms with E-state index in [2.05, 4.69) is 15.4 Å². The standard InChI is InChI=1S/C18H16Cl2F2N2O4/c1-27-14-4-2-3-11(15(14)28-18(21)22)17(26)24-8-7-23-16(25)10-5-6-12(19)13(20)9-10/h2-6,9,18H,7-8H2,1H3,(H,23,25)(H,24,26). The van der Waals surface area contributed by atoms with Crippen LogP contribution in [0, 0.1) is 0 Å². The molecule has 2 amide bonds. The Morgan fingerprint density at radius 3 is 2.32 bits per heavy atom. The number of halogens is 4. The van der Waals surface area contributed by atoms with Gasteiger partial charge in [-0.15, -0.1) is 0 Å². The molecule has 10 heteroatoms. The second-order valence-corrected chi connectivity index (χ2v) is 6.17. The van der Waals surface area contributed by atoms with Gasteiger partial charge in [-0.3, -0.25) is 9.59 Å². The first-order valence-corrected chi connectivity index (χ1v) is 8.72. The maximum absolute atomic E-state index is 12.6. The summed E-state index contributed by atoms with van der Waals surface area (Å²) >= 11 is 11.7. The minimum atomic E-state index is -3.12. The van der Waals surface area contributed by atoms with Crippen LogP contribution in [0.25, 0.3) is 0 Å². The van der Waals surface area contributed by atoms with E-state index in [1.54, 1.807) is 0 Å². The lowest BCUT2D eigenvalue weighted by Crippen LogP contribution is -2.35. The van der Waals surface area contributed by atoms with E-state index < -0.39 is 18.4 Å². The van der Waals surface area contributed by atoms with Crippen LogP contribution in [-0.2, 0) is 0 Å². The molecule has 0 radical (unpaired) electrons. The van der Waals surface area contributed by atoms with Crippen molar-refractivity contribution in [1.82, 2.24) is 10.6 Å². The molecule has 28 heavy (non-hydrogen) atoms. The van der Waals surface area contributed by atoms with Crippen LogP contribution in [0.2, 0.25) is 10.0 Å². The van der Waals surface area contributed by atoms with Gasteiger partial charge in [0.05, 0.1) is 22.7 Å². The highest BCUT2D eigenvalue weighted by Gasteiger charge is 2.20. The number of carbonyl (C=O) groups excluding carboxylic acids is 2. The molecular weight excluding hydrogens is 417 g/mol. The number of methoxy groups -OCH3 is 1. The number of ether oxygens (including phenoxy) is 2. The summed E-state index contributed by atoms with van der Waals surface area (Å²) in [7, 11) is 1.27. The van der Waals surface area contributed by atoms with Gasteiger partial charge in [0.1, 0.15) is 0 Å². The molecule has 0 unspecified atom stereocenters. The van der Waals surface area contributed by atoms with Gasteiger partial charge in [0.25, 0.3) is 11.8 Å². The first-order chi connectivity index (χ1) is 13.3. The van der Waals surface area contributed by atoms with Gasteiger partial charge in [-0.25, -0.2) is 0 Å². The van der Waals surface area contributed by atoms with Crippen molar-refractivity contribution >= 4 is 35.0 Å². The monoisotopic (exact) mass is 432 g/mol. The van der Waals surface area contributed by atoms with Crippen LogP contribution < -0.4 is 20.1 Å². The lowest BCUT2D eigenvalue weighted by molar-refractivity contribution is -0.0515. The van der Waals surface area contributed by atoms with Crippen LogP contribution in [0.1, 0.15) is 20.7 Å². The summed E-state index contributed by atoms with van der Waals surface area (Å²) in [6.45, 7) is -2.97. The van der Waals surface area contributed by atoms with Crippen molar-refractivity contribution in [3.63, 3.8) is 0 Å². The second-order valence-electron chi connectivity index (χ2n) is 5.36. The van der Waals surface area contributed by atoms with E-state index in [0.717, 1.165) is 0 Å². The highest BCUT2D eigenvalue weighted by molar-refractivity contribution is 6.42. The average Bonchev–Trinajstić information content (AvgIpc) is 2.66. The van der Waals surface area contributed by atoms with E-state index in [0.29, 0.717) is 10.6 Å². The molecule has 0 fully saturated rings. The Morgan fingerprint density at radius 1 is 1.04 bits per heavy atom. The van der Waals surface area contributed by atoms with Crippen LogP contribution in [-0.4, -0.2) is 38.6 Å². The van der Waals surface area contributed by atoms with Crippen molar-refractivity contribution in [2.45, 2.75) is 6.61 Å². The largest absolute Gasteiger partial charge is 0.493 e. The van der Waals surface area contributed by atoms with Gasteiger partial charge < -0.3 is 20.1 Å². The quantitative estimate of drug-likeness (QED) is 0.622. The van der Waals surface area contributed by atoms with Crippen molar-refractivity contribution in [3.05, 3.63) is 57.6 Å². The predicted octanol–water partition coefficient (Wildman–Crippen LogP) is 3.76. The predicted molar refractivity (Wildman–Crippen MR) is 101 cm³/mol. The number of para-hydroxylation sites is 1. The molecular formula is C18H16Cl2F2N2O4. The number of benzene rings is 2. The molecule has 0 aromatic heterocycles. The van der Waals surface area contributed by atoms with E-state index in [1.165, 1.54) is 43.5 Å². The third kappa shape index (κ3) is 5.71. The maximum atomic E-state index is 12.6. The molecule has 0 saturated heterocycles. The minimum Gasteiger partial charge on any atom is -0.493 e. The van der Waals surface area contributed by atoms with Gasteiger partial charge in [0.15, 0.2) is 11.5 Å². The molecule has 0 heterocycles. The third-order valence-electron chi connectivity index (χ3n) is 3.53. The molecule has 2 rings (SSSR count). The number of nitrogens with one attached hydrogen (secondary N) is 2. The highest BCUT2D eigenvalue weighted by atomic mass is 35.5. The molecule has 0 saturated carbocycles. The Balaban J connectivity index is 1.94. The van der Waals surface area contributed by atoms with E-state index in [-0.39, 0.29) is 35.2 Å². The maximum Gasteiger partial charge on any atom is 0.387 e. The zero-order valence-corrected chi connectivity index (χ0v) is 16.1. The van der Waals surface area contributed by atoms with E-state index in [4.69, 9.17) is 27.9 Å². The summed E-state index contributed by atoms with van der Waals surface area (Å²) in [5, 5.41) is 5.67. The Kier molecular flexibility index (Phi) is 7.83. The van der Waals surface area contributed by atoms with Gasteiger partial charge >= 0.3 is 6.61 Å². The summed E-state index contributed by atoms with van der Waals surface area (Å²) in [4.78, 5) is 24.3. The average molecular weight is 433 g/mol. The molecule has 0 aliphatic heterocycles. The molecule has 0 aliphatic rings. The van der Waals surface area contributed by atoms with Crippen LogP contribution >= 0.6 is 23.2 Å². The molecule has 0 bridgehead atoms. The van der Waals surface area contributed by atoms with E-state index >= 15 is 0 Å². The molecule has 2 aromatic rings. The topological polar surface area (TPSA) is 76.7 Å². The Morgan fingerprint density at radius 2 is 1.71 bits per heavy atom. The minimum absolute atomic E-state index is 0.000805. The Hall–Kier alpha value is -2.58. The molecule has 2 N–H and O–H groups in total. The fraction of sp³-hybridized carbons (Fsp3) is 0.222. The summed E-state index contributed by atoms with van der Waals surface area (Å²) < 4.78 is 34.6. The van der Waals surface area contributed by atoms with Crippen molar-refractivity contribution in [1.29, 1.82) is 0 Å². The van der Waals surface area contributed by atoms with Gasteiger partial charge in [0.2, 0.25) is 0 Å². The van der Waals surface area contributed by atoms with Crippen LogP contribution in [0.4, 0.5) is 8.78 Å². The summed E-state index contributed by atoms with van der Waals surface area (Å²) in [5.41, 5.74) is 0.191. The van der Waals surface area contributed by atoms with Crippen molar-refractivity contribution < 1.29 is 27.8 Å². The summed E-state index contributed by atoms with van der Waals surface area (Å²) in [6.07, 6.45) is 0. The van der Waals surface area contributed by atoms with Crippen LogP contribution in [0.3, 0.4) is 0 Å². The van der Waals surface area contributed by atoms with Gasteiger partial charge in [-0.1, -0.05) is 29.3 Å². The first kappa shape index (κ1) is 21.7. The highest BCUT2D eigenvalue weighted by Crippen LogP contribution is 2.32. The van der Waals surface area contributed by atoms with Crippen LogP contribution in [0.15, 0.2) is 36.4 Å². The van der Waals surface area contributed by atoms with Crippen molar-refractivity contribution in [3.8, 4) is 11.5 Å². The molecule has 6 nitrogen and oxygen atoms in total. The fourth-order valence-corrected chi connectivity index (χ4v) is 2.55. The SMILES string of the molecule is COc1cccc(C(=O)NCCNC(=O)c2ccc(Cl)c(Cl)c2)c1OC(F)F. The Labute approximate surface area is 169 Å². The molecule has 150 valence electrons. The number of amides is 2. The molecule has 0 aliphatic carbocycles. The summed E-state index contributed by atoms with van der Waals surface area (Å²) in [6, 6.07) is 8.61. The Bertz CT molecular complexity index is 865. The number of hydrogen-bond donors (Lipinski definition) is 2. The number of alkyl halides is 2. The zero-order valence-electron chi connectivity index (χ0n) is 14.6. The van der Waals surface area contributed by atoms with Crippen LogP contribution in [0.5, 0.6) is 11.5 Å². The molecule has 0 atom stereocenters. The number of carbonyl (C=O) groups is 2. The normalized spacial score (nSPS) is 10.5. The lowest BCUT2D eigenvalue weighted by atomic mass is 10.1. The molecule has 0 spiro atoms. The van der Waals surface area contributed by atoms with Crippen molar-refractivity contribution in [2.75, 3.05) is 20.2 Å². The van der Waals surface area contributed by atoms with Crippen molar-refractivity contribution in [2.24, 2.45) is 0 Å². The zero-order chi connectivity index (χ0) is 20.7. The lowest BCUT2D eigenvalue weighted by Gasteiger charge is -2.14. The van der Waals surface area contributed by atoms with E-state index in [9.17, 15) is 18.4 Å².